The Morgan fingerprint density at radius 3 is 2.41 bits per heavy atom. The molecule has 5 fully saturated rings. The summed E-state index contributed by atoms with van der Waals surface area (Å²) in [5, 5.41) is 10.6. The van der Waals surface area contributed by atoms with Crippen molar-refractivity contribution in [2.24, 2.45) is 63.1 Å². The molecular formula is C29H46O3. The van der Waals surface area contributed by atoms with Crippen LogP contribution in [-0.2, 0) is 9.59 Å². The lowest BCUT2D eigenvalue weighted by Gasteiger charge is -2.71. The zero-order valence-corrected chi connectivity index (χ0v) is 21.2. The van der Waals surface area contributed by atoms with E-state index in [-0.39, 0.29) is 28.1 Å². The first kappa shape index (κ1) is 23.1. The van der Waals surface area contributed by atoms with Crippen LogP contribution >= 0.6 is 0 Å². The summed E-state index contributed by atoms with van der Waals surface area (Å²) in [4.78, 5) is 24.4. The van der Waals surface area contributed by atoms with Crippen LogP contribution in [0.25, 0.3) is 0 Å². The number of aliphatic hydroxyl groups is 1. The fraction of sp³-hybridized carbons (Fsp3) is 0.931. The molecule has 11 atom stereocenters. The van der Waals surface area contributed by atoms with Gasteiger partial charge in [0.25, 0.3) is 0 Å². The molecule has 0 heterocycles. The lowest BCUT2D eigenvalue weighted by Crippen LogP contribution is -2.65. The predicted octanol–water partition coefficient (Wildman–Crippen LogP) is 6.07. The van der Waals surface area contributed by atoms with Crippen LogP contribution in [0.4, 0.5) is 0 Å². The molecule has 1 N–H and O–H groups in total. The Bertz CT molecular complexity index is 791. The molecule has 5 aliphatic rings. The molecular weight excluding hydrogens is 396 g/mol. The van der Waals surface area contributed by atoms with Gasteiger partial charge in [0.15, 0.2) is 0 Å². The SMILES string of the molecule is CC(C=O)[C@@H]1CC[C@]2(CO)CC[C@]3(C)[C@H](CC[C@@H]4[C@@]5(C)CCC(=O)C(C)[C@@H]5CC[C@]43C)[C@@H]12. The summed E-state index contributed by atoms with van der Waals surface area (Å²) in [6.07, 6.45) is 12.6. The smallest absolute Gasteiger partial charge is 0.136 e. The molecule has 0 aromatic rings. The minimum Gasteiger partial charge on any atom is -0.396 e. The first-order valence-corrected chi connectivity index (χ1v) is 13.7. The van der Waals surface area contributed by atoms with Gasteiger partial charge in [-0.05, 0) is 109 Å². The maximum absolute atomic E-state index is 12.6. The summed E-state index contributed by atoms with van der Waals surface area (Å²) in [5.74, 6) is 3.60. The number of aldehydes is 1. The van der Waals surface area contributed by atoms with Crippen molar-refractivity contribution in [3.05, 3.63) is 0 Å². The van der Waals surface area contributed by atoms with Gasteiger partial charge in [0, 0.05) is 24.9 Å². The fourth-order valence-corrected chi connectivity index (χ4v) is 11.2. The van der Waals surface area contributed by atoms with E-state index in [1.54, 1.807) is 0 Å². The number of carbonyl (C=O) groups is 2. The monoisotopic (exact) mass is 442 g/mol. The molecule has 32 heavy (non-hydrogen) atoms. The maximum atomic E-state index is 12.6. The van der Waals surface area contributed by atoms with Gasteiger partial charge < -0.3 is 9.90 Å². The lowest BCUT2D eigenvalue weighted by molar-refractivity contribution is -0.231. The highest BCUT2D eigenvalue weighted by Gasteiger charge is 2.70. The number of ketones is 1. The molecule has 3 heteroatoms. The summed E-state index contributed by atoms with van der Waals surface area (Å²) >= 11 is 0. The molecule has 0 aromatic heterocycles. The first-order valence-electron chi connectivity index (χ1n) is 13.7. The van der Waals surface area contributed by atoms with Crippen molar-refractivity contribution in [1.29, 1.82) is 0 Å². The molecule has 0 spiro atoms. The number of hydrogen-bond acceptors (Lipinski definition) is 3. The van der Waals surface area contributed by atoms with Gasteiger partial charge in [-0.3, -0.25) is 4.79 Å². The van der Waals surface area contributed by atoms with E-state index in [2.05, 4.69) is 34.6 Å². The third-order valence-corrected chi connectivity index (χ3v) is 13.2. The van der Waals surface area contributed by atoms with Gasteiger partial charge in [-0.25, -0.2) is 0 Å². The fourth-order valence-electron chi connectivity index (χ4n) is 11.2. The molecule has 0 aliphatic heterocycles. The van der Waals surface area contributed by atoms with E-state index in [0.717, 1.165) is 32.1 Å². The van der Waals surface area contributed by atoms with Crippen LogP contribution in [0.1, 0.15) is 98.8 Å². The molecule has 0 saturated heterocycles. The van der Waals surface area contributed by atoms with E-state index < -0.39 is 0 Å². The van der Waals surface area contributed by atoms with Crippen molar-refractivity contribution in [1.82, 2.24) is 0 Å². The summed E-state index contributed by atoms with van der Waals surface area (Å²) < 4.78 is 0. The Kier molecular flexibility index (Phi) is 5.33. The van der Waals surface area contributed by atoms with Gasteiger partial charge in [-0.1, -0.05) is 34.6 Å². The largest absolute Gasteiger partial charge is 0.396 e. The highest BCUT2D eigenvalue weighted by molar-refractivity contribution is 5.82. The Hall–Kier alpha value is -0.700. The molecule has 5 rings (SSSR count). The molecule has 5 saturated carbocycles. The van der Waals surface area contributed by atoms with Crippen molar-refractivity contribution in [2.75, 3.05) is 6.61 Å². The normalized spacial score (nSPS) is 55.9. The van der Waals surface area contributed by atoms with Crippen molar-refractivity contribution in [3.63, 3.8) is 0 Å². The predicted molar refractivity (Wildman–Crippen MR) is 127 cm³/mol. The maximum Gasteiger partial charge on any atom is 0.136 e. The molecule has 180 valence electrons. The minimum atomic E-state index is 0.0438. The van der Waals surface area contributed by atoms with E-state index in [1.165, 1.54) is 38.4 Å². The van der Waals surface area contributed by atoms with Gasteiger partial charge in [0.05, 0.1) is 0 Å². The number of aliphatic hydroxyl groups excluding tert-OH is 1. The van der Waals surface area contributed by atoms with E-state index in [0.29, 0.717) is 47.4 Å². The van der Waals surface area contributed by atoms with Crippen LogP contribution in [0, 0.1) is 63.1 Å². The summed E-state index contributed by atoms with van der Waals surface area (Å²) in [6, 6.07) is 0. The van der Waals surface area contributed by atoms with E-state index in [4.69, 9.17) is 0 Å². The number of carbonyl (C=O) groups excluding carboxylic acids is 2. The third-order valence-electron chi connectivity index (χ3n) is 13.2. The standard InChI is InChI=1S/C29H46O3/c1-18(16-30)20-8-13-29(17-31)15-14-27(4)22(25(20)29)6-7-24-26(3)11-10-23(32)19(2)21(26)9-12-28(24,27)5/h16,18-22,24-25,31H,6-15,17H2,1-5H3/t18?,19?,20-,21-,22+,24+,25+,26-,27+,28+,29+/m0/s1. The van der Waals surface area contributed by atoms with Crippen LogP contribution in [0.3, 0.4) is 0 Å². The molecule has 0 amide bonds. The minimum absolute atomic E-state index is 0.0438. The number of hydrogen-bond donors (Lipinski definition) is 1. The third kappa shape index (κ3) is 2.70. The number of Topliss-reactive ketones (excluding diaryl/α,β-unsaturated/α-hetero) is 1. The van der Waals surface area contributed by atoms with Gasteiger partial charge >= 0.3 is 0 Å². The molecule has 5 aliphatic carbocycles. The van der Waals surface area contributed by atoms with E-state index in [1.807, 2.05) is 0 Å². The van der Waals surface area contributed by atoms with Crippen molar-refractivity contribution >= 4 is 12.1 Å². The van der Waals surface area contributed by atoms with Gasteiger partial charge in [0.2, 0.25) is 0 Å². The summed E-state index contributed by atoms with van der Waals surface area (Å²) in [5.41, 5.74) is 0.886. The quantitative estimate of drug-likeness (QED) is 0.539. The second kappa shape index (κ2) is 7.40. The van der Waals surface area contributed by atoms with Crippen LogP contribution in [0.2, 0.25) is 0 Å². The topological polar surface area (TPSA) is 54.4 Å². The second-order valence-corrected chi connectivity index (χ2v) is 13.7. The number of rotatable bonds is 3. The number of fused-ring (bicyclic) bond motifs is 7. The van der Waals surface area contributed by atoms with Crippen LogP contribution in [0.15, 0.2) is 0 Å². The zero-order chi connectivity index (χ0) is 23.1. The Morgan fingerprint density at radius 2 is 1.72 bits per heavy atom. The summed E-state index contributed by atoms with van der Waals surface area (Å²) in [7, 11) is 0. The van der Waals surface area contributed by atoms with Crippen LogP contribution < -0.4 is 0 Å². The average Bonchev–Trinajstić information content (AvgIpc) is 3.17. The Morgan fingerprint density at radius 1 is 0.969 bits per heavy atom. The van der Waals surface area contributed by atoms with Crippen molar-refractivity contribution in [3.8, 4) is 0 Å². The zero-order valence-electron chi connectivity index (χ0n) is 21.2. The lowest BCUT2D eigenvalue weighted by atomic mass is 9.33. The second-order valence-electron chi connectivity index (χ2n) is 13.7. The molecule has 0 radical (unpaired) electrons. The van der Waals surface area contributed by atoms with Gasteiger partial charge in [-0.2, -0.15) is 0 Å². The highest BCUT2D eigenvalue weighted by Crippen LogP contribution is 2.76. The molecule has 0 aromatic carbocycles. The first-order chi connectivity index (χ1) is 15.1. The Balaban J connectivity index is 1.54. The van der Waals surface area contributed by atoms with Crippen molar-refractivity contribution < 1.29 is 14.7 Å². The highest BCUT2D eigenvalue weighted by atomic mass is 16.3. The van der Waals surface area contributed by atoms with Gasteiger partial charge in [0.1, 0.15) is 12.1 Å². The summed E-state index contributed by atoms with van der Waals surface area (Å²) in [6.45, 7) is 12.4. The van der Waals surface area contributed by atoms with Crippen molar-refractivity contribution in [2.45, 2.75) is 98.8 Å². The van der Waals surface area contributed by atoms with Gasteiger partial charge in [-0.15, -0.1) is 0 Å². The van der Waals surface area contributed by atoms with E-state index >= 15 is 0 Å². The molecule has 2 unspecified atom stereocenters. The average molecular weight is 443 g/mol. The van der Waals surface area contributed by atoms with E-state index in [9.17, 15) is 14.7 Å². The molecule has 0 bridgehead atoms. The Labute approximate surface area is 195 Å². The van der Waals surface area contributed by atoms with Crippen LogP contribution in [-0.4, -0.2) is 23.8 Å². The molecule has 3 nitrogen and oxygen atoms in total. The van der Waals surface area contributed by atoms with Crippen LogP contribution in [0.5, 0.6) is 0 Å².